The number of ether oxygens (including phenoxy) is 4. The minimum absolute atomic E-state index is 0.228. The summed E-state index contributed by atoms with van der Waals surface area (Å²) in [6.07, 6.45) is 7.57. The zero-order valence-corrected chi connectivity index (χ0v) is 19.9. The summed E-state index contributed by atoms with van der Waals surface area (Å²) in [4.78, 5) is 13.4. The first-order valence-corrected chi connectivity index (χ1v) is 11.7. The number of nitrogens with one attached hydrogen (secondary N) is 1. The molecule has 9 heteroatoms. The Hall–Kier alpha value is -3.85. The molecule has 0 atom stereocenters. The largest absolute Gasteiger partial charge is 0.493 e. The van der Waals surface area contributed by atoms with Gasteiger partial charge in [-0.3, -0.25) is 0 Å². The molecule has 4 heterocycles. The minimum atomic E-state index is 0.228. The lowest BCUT2D eigenvalue weighted by Crippen LogP contribution is -2.34. The Morgan fingerprint density at radius 3 is 2.54 bits per heavy atom. The number of rotatable bonds is 9. The van der Waals surface area contributed by atoms with Gasteiger partial charge < -0.3 is 28.8 Å². The molecule has 1 aliphatic rings. The van der Waals surface area contributed by atoms with E-state index in [-0.39, 0.29) is 6.10 Å². The minimum Gasteiger partial charge on any atom is -0.493 e. The summed E-state index contributed by atoms with van der Waals surface area (Å²) in [6, 6.07) is 11.6. The van der Waals surface area contributed by atoms with Gasteiger partial charge in [0.15, 0.2) is 17.1 Å². The first kappa shape index (κ1) is 22.9. The van der Waals surface area contributed by atoms with E-state index in [1.807, 2.05) is 41.0 Å². The molecule has 1 aliphatic heterocycles. The van der Waals surface area contributed by atoms with Gasteiger partial charge in [-0.25, -0.2) is 15.0 Å². The van der Waals surface area contributed by atoms with Crippen LogP contribution >= 0.6 is 0 Å². The van der Waals surface area contributed by atoms with Crippen molar-refractivity contribution in [3.63, 3.8) is 0 Å². The van der Waals surface area contributed by atoms with Crippen LogP contribution in [0.4, 0.5) is 0 Å². The maximum atomic E-state index is 6.11. The van der Waals surface area contributed by atoms with E-state index in [9.17, 15) is 0 Å². The Bertz CT molecular complexity index is 1270. The molecule has 5 rings (SSSR count). The van der Waals surface area contributed by atoms with Crippen LogP contribution < -0.4 is 24.3 Å². The van der Waals surface area contributed by atoms with Gasteiger partial charge in [-0.05, 0) is 49.7 Å². The number of imidazole rings is 1. The van der Waals surface area contributed by atoms with Crippen LogP contribution in [0.5, 0.6) is 23.1 Å². The summed E-state index contributed by atoms with van der Waals surface area (Å²) in [6.45, 7) is 2.96. The molecule has 35 heavy (non-hydrogen) atoms. The fourth-order valence-corrected chi connectivity index (χ4v) is 4.12. The number of hydrogen-bond donors (Lipinski definition) is 1. The first-order valence-electron chi connectivity index (χ1n) is 11.7. The maximum absolute atomic E-state index is 6.11. The van der Waals surface area contributed by atoms with Crippen molar-refractivity contribution in [2.45, 2.75) is 32.1 Å². The molecule has 0 unspecified atom stereocenters. The summed E-state index contributed by atoms with van der Waals surface area (Å²) >= 11 is 0. The highest BCUT2D eigenvalue weighted by Crippen LogP contribution is 2.30. The van der Waals surface area contributed by atoms with Crippen LogP contribution in [0.15, 0.2) is 55.1 Å². The zero-order chi connectivity index (χ0) is 24.0. The maximum Gasteiger partial charge on any atom is 0.212 e. The Kier molecular flexibility index (Phi) is 6.94. The first-order chi connectivity index (χ1) is 17.2. The summed E-state index contributed by atoms with van der Waals surface area (Å²) in [5, 5.41) is 3.35. The number of piperidine rings is 1. The molecule has 4 aromatic rings. The van der Waals surface area contributed by atoms with Gasteiger partial charge in [-0.2, -0.15) is 0 Å². The third-order valence-corrected chi connectivity index (χ3v) is 6.00. The van der Waals surface area contributed by atoms with Crippen molar-refractivity contribution >= 4 is 11.2 Å². The Morgan fingerprint density at radius 2 is 1.77 bits per heavy atom. The summed E-state index contributed by atoms with van der Waals surface area (Å²) in [7, 11) is 3.23. The van der Waals surface area contributed by atoms with Crippen LogP contribution in [0.1, 0.15) is 24.0 Å². The van der Waals surface area contributed by atoms with Crippen LogP contribution in [-0.2, 0) is 13.2 Å². The van der Waals surface area contributed by atoms with E-state index in [2.05, 4.69) is 20.3 Å². The van der Waals surface area contributed by atoms with E-state index in [0.29, 0.717) is 30.5 Å². The number of nitrogens with zero attached hydrogens (tertiary/aromatic N) is 4. The van der Waals surface area contributed by atoms with Gasteiger partial charge in [-0.1, -0.05) is 6.07 Å². The smallest absolute Gasteiger partial charge is 0.212 e. The third-order valence-electron chi connectivity index (χ3n) is 6.00. The standard InChI is InChI=1S/C26H29N5O4/c1-32-24-11-18(3-5-23(24)34-16-19-4-6-25(33-2)28-13-19)15-31-17-30-22-12-21(14-29-26(22)31)35-20-7-9-27-10-8-20/h3-6,11-14,17,20,27H,7-10,15-16H2,1-2H3. The lowest BCUT2D eigenvalue weighted by atomic mass is 10.1. The van der Waals surface area contributed by atoms with Crippen molar-refractivity contribution in [2.24, 2.45) is 0 Å². The second kappa shape index (κ2) is 10.6. The second-order valence-electron chi connectivity index (χ2n) is 8.44. The lowest BCUT2D eigenvalue weighted by molar-refractivity contribution is 0.162. The fourth-order valence-electron chi connectivity index (χ4n) is 4.12. The molecular formula is C26H29N5O4. The van der Waals surface area contributed by atoms with Gasteiger partial charge in [-0.15, -0.1) is 0 Å². The highest BCUT2D eigenvalue weighted by atomic mass is 16.5. The molecule has 1 saturated heterocycles. The van der Waals surface area contributed by atoms with Gasteiger partial charge in [0.1, 0.15) is 24.0 Å². The van der Waals surface area contributed by atoms with E-state index >= 15 is 0 Å². The van der Waals surface area contributed by atoms with E-state index in [1.54, 1.807) is 32.9 Å². The van der Waals surface area contributed by atoms with Gasteiger partial charge >= 0.3 is 0 Å². The average Bonchev–Trinajstić information content (AvgIpc) is 3.30. The number of aromatic nitrogens is 4. The number of fused-ring (bicyclic) bond motifs is 1. The molecule has 0 bridgehead atoms. The van der Waals surface area contributed by atoms with E-state index in [0.717, 1.165) is 54.0 Å². The van der Waals surface area contributed by atoms with Crippen molar-refractivity contribution in [3.8, 4) is 23.1 Å². The molecular weight excluding hydrogens is 446 g/mol. The van der Waals surface area contributed by atoms with Gasteiger partial charge in [0, 0.05) is 23.9 Å². The van der Waals surface area contributed by atoms with Crippen LogP contribution in [0.2, 0.25) is 0 Å². The van der Waals surface area contributed by atoms with Crippen molar-refractivity contribution < 1.29 is 18.9 Å². The monoisotopic (exact) mass is 475 g/mol. The SMILES string of the molecule is COc1ccc(COc2ccc(Cn3cnc4cc(OC5CCNCC5)cnc43)cc2OC)cn1. The van der Waals surface area contributed by atoms with E-state index in [1.165, 1.54) is 0 Å². The molecule has 0 amide bonds. The molecule has 0 saturated carbocycles. The Labute approximate surface area is 204 Å². The summed E-state index contributed by atoms with van der Waals surface area (Å²) in [5.41, 5.74) is 3.62. The van der Waals surface area contributed by atoms with Crippen LogP contribution in [0, 0.1) is 0 Å². The molecule has 9 nitrogen and oxygen atoms in total. The Balaban J connectivity index is 1.26. The predicted molar refractivity (Wildman–Crippen MR) is 131 cm³/mol. The van der Waals surface area contributed by atoms with Gasteiger partial charge in [0.2, 0.25) is 5.88 Å². The number of benzene rings is 1. The predicted octanol–water partition coefficient (Wildman–Crippen LogP) is 3.60. The second-order valence-corrected chi connectivity index (χ2v) is 8.44. The molecule has 3 aromatic heterocycles. The molecule has 0 radical (unpaired) electrons. The van der Waals surface area contributed by atoms with Crippen LogP contribution in [0.3, 0.4) is 0 Å². The summed E-state index contributed by atoms with van der Waals surface area (Å²) < 4.78 is 24.8. The molecule has 1 N–H and O–H groups in total. The molecule has 1 fully saturated rings. The number of hydrogen-bond acceptors (Lipinski definition) is 8. The van der Waals surface area contributed by atoms with Crippen molar-refractivity contribution in [2.75, 3.05) is 27.3 Å². The lowest BCUT2D eigenvalue weighted by Gasteiger charge is -2.23. The molecule has 1 aromatic carbocycles. The Morgan fingerprint density at radius 1 is 0.914 bits per heavy atom. The van der Waals surface area contributed by atoms with E-state index < -0.39 is 0 Å². The van der Waals surface area contributed by atoms with E-state index in [4.69, 9.17) is 18.9 Å². The quantitative estimate of drug-likeness (QED) is 0.393. The van der Waals surface area contributed by atoms with Gasteiger partial charge in [0.05, 0.1) is 33.3 Å². The number of pyridine rings is 2. The molecule has 0 aliphatic carbocycles. The van der Waals surface area contributed by atoms with Gasteiger partial charge in [0.25, 0.3) is 0 Å². The normalized spacial score (nSPS) is 14.1. The fraction of sp³-hybridized carbons (Fsp3) is 0.346. The van der Waals surface area contributed by atoms with Crippen molar-refractivity contribution in [1.82, 2.24) is 24.8 Å². The molecule has 182 valence electrons. The molecule has 0 spiro atoms. The third kappa shape index (κ3) is 5.46. The highest BCUT2D eigenvalue weighted by Gasteiger charge is 2.16. The van der Waals surface area contributed by atoms with Crippen LogP contribution in [-0.4, -0.2) is 52.9 Å². The van der Waals surface area contributed by atoms with Crippen LogP contribution in [0.25, 0.3) is 11.2 Å². The average molecular weight is 476 g/mol. The zero-order valence-electron chi connectivity index (χ0n) is 19.9. The van der Waals surface area contributed by atoms with Crippen molar-refractivity contribution in [3.05, 3.63) is 66.2 Å². The summed E-state index contributed by atoms with van der Waals surface area (Å²) in [5.74, 6) is 2.67. The highest BCUT2D eigenvalue weighted by molar-refractivity contribution is 5.72. The topological polar surface area (TPSA) is 92.6 Å². The van der Waals surface area contributed by atoms with Crippen molar-refractivity contribution in [1.29, 1.82) is 0 Å². The number of methoxy groups -OCH3 is 2.